The van der Waals surface area contributed by atoms with Gasteiger partial charge in [-0.15, -0.1) is 0 Å². The second-order valence-corrected chi connectivity index (χ2v) is 9.51. The number of alkyl halides is 3. The van der Waals surface area contributed by atoms with Crippen LogP contribution in [0, 0.1) is 12.3 Å². The quantitative estimate of drug-likeness (QED) is 0.392. The molecular formula is C26H31F3N4O3. The molecule has 1 saturated carbocycles. The van der Waals surface area contributed by atoms with Crippen LogP contribution in [0.4, 0.5) is 24.7 Å². The minimum Gasteiger partial charge on any atom is -0.493 e. The Bertz CT molecular complexity index is 1290. The second kappa shape index (κ2) is 9.31. The summed E-state index contributed by atoms with van der Waals surface area (Å²) >= 11 is 0. The predicted molar refractivity (Wildman–Crippen MR) is 132 cm³/mol. The van der Waals surface area contributed by atoms with Crippen molar-refractivity contribution in [2.24, 2.45) is 5.41 Å². The van der Waals surface area contributed by atoms with Crippen molar-refractivity contribution in [2.75, 3.05) is 32.3 Å². The highest BCUT2D eigenvalue weighted by Crippen LogP contribution is 2.52. The van der Waals surface area contributed by atoms with Crippen molar-refractivity contribution in [1.29, 1.82) is 0 Å². The summed E-state index contributed by atoms with van der Waals surface area (Å²) in [5, 5.41) is 0.504. The lowest BCUT2D eigenvalue weighted by molar-refractivity contribution is -0.137. The molecule has 0 spiro atoms. The van der Waals surface area contributed by atoms with Crippen LogP contribution >= 0.6 is 0 Å². The summed E-state index contributed by atoms with van der Waals surface area (Å²) in [4.78, 5) is 8.83. The lowest BCUT2D eigenvalue weighted by atomic mass is 9.88. The van der Waals surface area contributed by atoms with E-state index in [0.29, 0.717) is 46.0 Å². The summed E-state index contributed by atoms with van der Waals surface area (Å²) < 4.78 is 58.4. The van der Waals surface area contributed by atoms with Gasteiger partial charge >= 0.3 is 6.18 Å². The van der Waals surface area contributed by atoms with E-state index >= 15 is 0 Å². The zero-order valence-corrected chi connectivity index (χ0v) is 21.0. The van der Waals surface area contributed by atoms with E-state index < -0.39 is 17.7 Å². The molecule has 2 aromatic carbocycles. The van der Waals surface area contributed by atoms with Gasteiger partial charge in [0.25, 0.3) is 0 Å². The molecule has 0 radical (unpaired) electrons. The Kier molecular flexibility index (Phi) is 6.68. The molecule has 0 aliphatic heterocycles. The number of aryl methyl sites for hydroxylation is 1. The summed E-state index contributed by atoms with van der Waals surface area (Å²) in [5.41, 5.74) is 12.7. The van der Waals surface area contributed by atoms with Crippen molar-refractivity contribution >= 4 is 22.4 Å². The third-order valence-corrected chi connectivity index (χ3v) is 7.15. The number of methoxy groups -OCH3 is 2. The van der Waals surface area contributed by atoms with Crippen LogP contribution in [-0.4, -0.2) is 36.9 Å². The van der Waals surface area contributed by atoms with E-state index in [-0.39, 0.29) is 23.0 Å². The SMILES string of the molecule is COc1cc2nc(C)nc(N)c2c([C@H](C)c2cc(N)cc(C(F)(F)F)c2)c1OCC1(C(C)OC)CC1. The Morgan fingerprint density at radius 1 is 1.06 bits per heavy atom. The number of nitrogens with two attached hydrogens (primary N) is 2. The molecule has 1 aromatic heterocycles. The highest BCUT2D eigenvalue weighted by Gasteiger charge is 2.49. The molecule has 1 fully saturated rings. The van der Waals surface area contributed by atoms with Crippen molar-refractivity contribution in [3.8, 4) is 11.5 Å². The average molecular weight is 505 g/mol. The fourth-order valence-corrected chi connectivity index (χ4v) is 4.70. The molecular weight excluding hydrogens is 473 g/mol. The molecule has 1 heterocycles. The zero-order valence-electron chi connectivity index (χ0n) is 21.0. The molecule has 4 N–H and O–H groups in total. The van der Waals surface area contributed by atoms with Gasteiger partial charge < -0.3 is 25.7 Å². The smallest absolute Gasteiger partial charge is 0.416 e. The number of ether oxygens (including phenoxy) is 3. The summed E-state index contributed by atoms with van der Waals surface area (Å²) in [6, 6.07) is 5.25. The highest BCUT2D eigenvalue weighted by molar-refractivity contribution is 5.95. The number of rotatable bonds is 8. The third-order valence-electron chi connectivity index (χ3n) is 7.15. The monoisotopic (exact) mass is 504 g/mol. The van der Waals surface area contributed by atoms with Crippen LogP contribution in [-0.2, 0) is 10.9 Å². The summed E-state index contributed by atoms with van der Waals surface area (Å²) in [6.07, 6.45) is -2.69. The van der Waals surface area contributed by atoms with Gasteiger partial charge in [0.1, 0.15) is 11.6 Å². The van der Waals surface area contributed by atoms with E-state index in [0.717, 1.165) is 25.0 Å². The summed E-state index contributed by atoms with van der Waals surface area (Å²) in [7, 11) is 3.17. The Morgan fingerprint density at radius 3 is 2.33 bits per heavy atom. The molecule has 2 atom stereocenters. The average Bonchev–Trinajstić information content (AvgIpc) is 3.61. The normalized spacial score (nSPS) is 16.6. The molecule has 4 rings (SSSR count). The fourth-order valence-electron chi connectivity index (χ4n) is 4.70. The number of hydrogen-bond acceptors (Lipinski definition) is 7. The van der Waals surface area contributed by atoms with Crippen LogP contribution in [0.25, 0.3) is 10.9 Å². The van der Waals surface area contributed by atoms with Gasteiger partial charge in [0.05, 0.1) is 36.3 Å². The lowest BCUT2D eigenvalue weighted by Gasteiger charge is -2.27. The maximum atomic E-state index is 13.6. The Morgan fingerprint density at radius 2 is 1.75 bits per heavy atom. The Labute approximate surface area is 207 Å². The van der Waals surface area contributed by atoms with E-state index in [1.165, 1.54) is 13.2 Å². The van der Waals surface area contributed by atoms with Crippen LogP contribution in [0.5, 0.6) is 11.5 Å². The molecule has 1 aliphatic carbocycles. The van der Waals surface area contributed by atoms with Crippen LogP contribution in [0.1, 0.15) is 55.1 Å². The second-order valence-electron chi connectivity index (χ2n) is 9.51. The zero-order chi connectivity index (χ0) is 26.4. The number of aromatic nitrogens is 2. The van der Waals surface area contributed by atoms with Gasteiger partial charge in [-0.25, -0.2) is 9.97 Å². The van der Waals surface area contributed by atoms with Gasteiger partial charge in [-0.2, -0.15) is 13.2 Å². The first kappa shape index (κ1) is 25.8. The van der Waals surface area contributed by atoms with E-state index in [2.05, 4.69) is 9.97 Å². The van der Waals surface area contributed by atoms with Gasteiger partial charge in [-0.05, 0) is 50.5 Å². The number of benzene rings is 2. The minimum atomic E-state index is -4.55. The largest absolute Gasteiger partial charge is 0.493 e. The van der Waals surface area contributed by atoms with Gasteiger partial charge in [0.2, 0.25) is 0 Å². The van der Waals surface area contributed by atoms with E-state index in [1.807, 2.05) is 6.92 Å². The molecule has 7 nitrogen and oxygen atoms in total. The first-order valence-electron chi connectivity index (χ1n) is 11.7. The molecule has 1 unspecified atom stereocenters. The first-order valence-corrected chi connectivity index (χ1v) is 11.7. The van der Waals surface area contributed by atoms with Crippen molar-refractivity contribution in [1.82, 2.24) is 9.97 Å². The maximum absolute atomic E-state index is 13.6. The molecule has 0 amide bonds. The van der Waals surface area contributed by atoms with Crippen molar-refractivity contribution in [3.05, 3.63) is 46.8 Å². The highest BCUT2D eigenvalue weighted by atomic mass is 19.4. The topological polar surface area (TPSA) is 106 Å². The molecule has 3 aromatic rings. The Hall–Kier alpha value is -3.27. The standard InChI is InChI=1S/C26H31F3N4O3/c1-13(16-8-17(26(27,28)29)10-18(30)9-16)21-22-19(32-15(3)33-24(22)31)11-20(35-5)23(21)36-12-25(6-7-25)14(2)34-4/h8-11,13-14H,6-7,12,30H2,1-5H3,(H2,31,32,33)/t13-,14?/m1/s1. The maximum Gasteiger partial charge on any atom is 0.416 e. The summed E-state index contributed by atoms with van der Waals surface area (Å²) in [5.74, 6) is 0.859. The van der Waals surface area contributed by atoms with Crippen molar-refractivity contribution in [3.63, 3.8) is 0 Å². The molecule has 0 saturated heterocycles. The van der Waals surface area contributed by atoms with Crippen LogP contribution in [0.2, 0.25) is 0 Å². The number of fused-ring (bicyclic) bond motifs is 1. The molecule has 194 valence electrons. The fraction of sp³-hybridized carbons (Fsp3) is 0.462. The lowest BCUT2D eigenvalue weighted by Crippen LogP contribution is -2.27. The van der Waals surface area contributed by atoms with Gasteiger partial charge in [-0.3, -0.25) is 0 Å². The van der Waals surface area contributed by atoms with Gasteiger partial charge in [0.15, 0.2) is 11.5 Å². The Balaban J connectivity index is 1.93. The molecule has 36 heavy (non-hydrogen) atoms. The molecule has 0 bridgehead atoms. The van der Waals surface area contributed by atoms with E-state index in [9.17, 15) is 13.2 Å². The van der Waals surface area contributed by atoms with Crippen molar-refractivity contribution in [2.45, 2.75) is 51.8 Å². The number of nitrogen functional groups attached to an aromatic ring is 2. The van der Waals surface area contributed by atoms with E-state index in [1.54, 1.807) is 27.0 Å². The third kappa shape index (κ3) is 4.74. The minimum absolute atomic E-state index is 0.00673. The molecule has 1 aliphatic rings. The molecule has 10 heteroatoms. The van der Waals surface area contributed by atoms with Crippen LogP contribution in [0.3, 0.4) is 0 Å². The van der Waals surface area contributed by atoms with Gasteiger partial charge in [0, 0.05) is 35.8 Å². The van der Waals surface area contributed by atoms with Crippen molar-refractivity contribution < 1.29 is 27.4 Å². The number of nitrogens with zero attached hydrogens (tertiary/aromatic N) is 2. The van der Waals surface area contributed by atoms with Crippen LogP contribution in [0.15, 0.2) is 24.3 Å². The predicted octanol–water partition coefficient (Wildman–Crippen LogP) is 5.48. The number of hydrogen-bond donors (Lipinski definition) is 2. The number of anilines is 2. The van der Waals surface area contributed by atoms with E-state index in [4.69, 9.17) is 25.7 Å². The summed E-state index contributed by atoms with van der Waals surface area (Å²) in [6.45, 7) is 5.84. The first-order chi connectivity index (χ1) is 16.9. The van der Waals surface area contributed by atoms with Crippen LogP contribution < -0.4 is 20.9 Å². The van der Waals surface area contributed by atoms with Gasteiger partial charge in [-0.1, -0.05) is 6.92 Å². The number of halogens is 3.